The number of ketones is 1. The van der Waals surface area contributed by atoms with E-state index in [0.29, 0.717) is 24.4 Å². The Hall–Kier alpha value is -3.48. The maximum atomic E-state index is 12.3. The summed E-state index contributed by atoms with van der Waals surface area (Å²) < 4.78 is 5.60. The van der Waals surface area contributed by atoms with Gasteiger partial charge < -0.3 is 25.4 Å². The number of anilines is 1. The van der Waals surface area contributed by atoms with E-state index in [9.17, 15) is 14.7 Å². The molecule has 7 heteroatoms. The van der Waals surface area contributed by atoms with E-state index in [2.05, 4.69) is 17.6 Å². The smallest absolute Gasteiger partial charge is 0.257 e. The number of para-hydroxylation sites is 1. The summed E-state index contributed by atoms with van der Waals surface area (Å²) in [5.74, 6) is 0.270. The molecule has 7 nitrogen and oxygen atoms in total. The van der Waals surface area contributed by atoms with E-state index in [-0.39, 0.29) is 29.0 Å². The average molecular weight is 424 g/mol. The number of rotatable bonds is 9. The zero-order chi connectivity index (χ0) is 22.5. The van der Waals surface area contributed by atoms with Crippen molar-refractivity contribution in [3.8, 4) is 11.5 Å². The second-order valence-electron chi connectivity index (χ2n) is 7.59. The number of aromatic hydroxyl groups is 1. The van der Waals surface area contributed by atoms with Crippen LogP contribution in [0.4, 0.5) is 5.69 Å². The predicted molar refractivity (Wildman–Crippen MR) is 120 cm³/mol. The average Bonchev–Trinajstić information content (AvgIpc) is 2.75. The van der Waals surface area contributed by atoms with Gasteiger partial charge in [0, 0.05) is 19.8 Å². The Labute approximate surface area is 182 Å². The molecular formula is C24H29N3O4. The zero-order valence-corrected chi connectivity index (χ0v) is 18.4. The molecule has 0 aromatic heterocycles. The lowest BCUT2D eigenvalue weighted by molar-refractivity contribution is -0.116. The van der Waals surface area contributed by atoms with Crippen LogP contribution in [0.2, 0.25) is 0 Å². The molecule has 164 valence electrons. The molecule has 1 amide bonds. The number of nitrogens with one attached hydrogen (secondary N) is 2. The lowest BCUT2D eigenvalue weighted by Gasteiger charge is -2.29. The van der Waals surface area contributed by atoms with Crippen LogP contribution in [0.3, 0.4) is 0 Å². The minimum atomic E-state index is -0.311. The second-order valence-corrected chi connectivity index (χ2v) is 7.59. The summed E-state index contributed by atoms with van der Waals surface area (Å²) in [4.78, 5) is 26.0. The maximum Gasteiger partial charge on any atom is 0.257 e. The largest absolute Gasteiger partial charge is 0.505 e. The Bertz CT molecular complexity index is 1010. The molecule has 1 unspecified atom stereocenters. The lowest BCUT2D eigenvalue weighted by Crippen LogP contribution is -2.34. The first-order valence-corrected chi connectivity index (χ1v) is 10.4. The summed E-state index contributed by atoms with van der Waals surface area (Å²) in [6.45, 7) is 4.61. The SMILES string of the molecule is CCOc1cccc(C(CC)NC2=C(Nc3cccc(C(=O)N(C)C)c3O)C(=O)C2)c1. The lowest BCUT2D eigenvalue weighted by atomic mass is 9.95. The molecule has 0 fully saturated rings. The van der Waals surface area contributed by atoms with Gasteiger partial charge in [-0.1, -0.05) is 25.1 Å². The van der Waals surface area contributed by atoms with Crippen LogP contribution in [0.1, 0.15) is 48.7 Å². The van der Waals surface area contributed by atoms with Gasteiger partial charge in [0.25, 0.3) is 5.91 Å². The summed E-state index contributed by atoms with van der Waals surface area (Å²) in [7, 11) is 3.24. The number of phenols is 1. The Morgan fingerprint density at radius 1 is 1.19 bits per heavy atom. The van der Waals surface area contributed by atoms with Crippen molar-refractivity contribution in [3.05, 3.63) is 65.0 Å². The van der Waals surface area contributed by atoms with Crippen LogP contribution in [0.25, 0.3) is 0 Å². The highest BCUT2D eigenvalue weighted by Crippen LogP contribution is 2.34. The number of nitrogens with zero attached hydrogens (tertiary/aromatic N) is 1. The second kappa shape index (κ2) is 9.55. The van der Waals surface area contributed by atoms with E-state index in [1.54, 1.807) is 32.3 Å². The molecule has 2 aromatic carbocycles. The molecule has 31 heavy (non-hydrogen) atoms. The quantitative estimate of drug-likeness (QED) is 0.531. The first-order valence-electron chi connectivity index (χ1n) is 10.4. The highest BCUT2D eigenvalue weighted by atomic mass is 16.5. The summed E-state index contributed by atoms with van der Waals surface area (Å²) in [5.41, 5.74) is 2.75. The fourth-order valence-electron chi connectivity index (χ4n) is 3.48. The number of ether oxygens (including phenoxy) is 1. The summed E-state index contributed by atoms with van der Waals surface area (Å²) >= 11 is 0. The Balaban J connectivity index is 1.83. The van der Waals surface area contributed by atoms with Crippen molar-refractivity contribution >= 4 is 17.4 Å². The van der Waals surface area contributed by atoms with Gasteiger partial charge >= 0.3 is 0 Å². The monoisotopic (exact) mass is 423 g/mol. The minimum Gasteiger partial charge on any atom is -0.505 e. The van der Waals surface area contributed by atoms with Gasteiger partial charge in [0.05, 0.1) is 30.3 Å². The molecule has 1 aliphatic carbocycles. The molecule has 0 radical (unpaired) electrons. The molecule has 0 saturated heterocycles. The van der Waals surface area contributed by atoms with Crippen LogP contribution in [0, 0.1) is 0 Å². The molecule has 0 heterocycles. The molecular weight excluding hydrogens is 394 g/mol. The van der Waals surface area contributed by atoms with E-state index in [1.807, 2.05) is 31.2 Å². The van der Waals surface area contributed by atoms with Gasteiger partial charge in [0.15, 0.2) is 11.5 Å². The number of hydrogen-bond acceptors (Lipinski definition) is 6. The fraction of sp³-hybridized carbons (Fsp3) is 0.333. The number of carbonyl (C=O) groups is 2. The summed E-state index contributed by atoms with van der Waals surface area (Å²) in [6, 6.07) is 12.8. The fourth-order valence-corrected chi connectivity index (χ4v) is 3.48. The molecule has 2 aromatic rings. The van der Waals surface area contributed by atoms with Gasteiger partial charge in [-0.25, -0.2) is 0 Å². The van der Waals surface area contributed by atoms with Crippen molar-refractivity contribution in [1.82, 2.24) is 10.2 Å². The molecule has 1 atom stereocenters. The zero-order valence-electron chi connectivity index (χ0n) is 18.4. The van der Waals surface area contributed by atoms with Crippen LogP contribution in [0.15, 0.2) is 53.9 Å². The number of phenolic OH excluding ortho intramolecular Hbond substituents is 1. The third-order valence-electron chi connectivity index (χ3n) is 5.18. The van der Waals surface area contributed by atoms with Gasteiger partial charge in [-0.3, -0.25) is 9.59 Å². The van der Waals surface area contributed by atoms with Crippen LogP contribution in [-0.4, -0.2) is 42.4 Å². The molecule has 0 aliphatic heterocycles. The van der Waals surface area contributed by atoms with Crippen molar-refractivity contribution in [1.29, 1.82) is 0 Å². The van der Waals surface area contributed by atoms with Crippen molar-refractivity contribution < 1.29 is 19.4 Å². The topological polar surface area (TPSA) is 90.9 Å². The Kier molecular flexibility index (Phi) is 6.84. The Morgan fingerprint density at radius 2 is 1.94 bits per heavy atom. The molecule has 3 N–H and O–H groups in total. The number of Topliss-reactive ketones (excluding diaryl/α,β-unsaturated/α-hetero) is 1. The van der Waals surface area contributed by atoms with Crippen molar-refractivity contribution in [3.63, 3.8) is 0 Å². The standard InChI is InChI=1S/C24H29N3O4/c1-5-18(15-9-7-10-16(13-15)31-6-2)25-20-14-21(28)22(20)26-19-12-8-11-17(23(19)29)24(30)27(3)4/h7-13,18,25-26,29H,5-6,14H2,1-4H3. The highest BCUT2D eigenvalue weighted by Gasteiger charge is 2.30. The van der Waals surface area contributed by atoms with E-state index in [1.165, 1.54) is 4.90 Å². The predicted octanol–water partition coefficient (Wildman–Crippen LogP) is 3.83. The number of allylic oxidation sites excluding steroid dienone is 2. The summed E-state index contributed by atoms with van der Waals surface area (Å²) in [5, 5.41) is 17.0. The van der Waals surface area contributed by atoms with Crippen molar-refractivity contribution in [2.75, 3.05) is 26.0 Å². The van der Waals surface area contributed by atoms with E-state index < -0.39 is 0 Å². The van der Waals surface area contributed by atoms with Gasteiger partial charge in [-0.05, 0) is 43.2 Å². The van der Waals surface area contributed by atoms with Crippen LogP contribution >= 0.6 is 0 Å². The minimum absolute atomic E-state index is 0.00977. The van der Waals surface area contributed by atoms with Crippen molar-refractivity contribution in [2.45, 2.75) is 32.7 Å². The molecule has 3 rings (SSSR count). The molecule has 0 saturated carbocycles. The van der Waals surface area contributed by atoms with Gasteiger partial charge in [-0.2, -0.15) is 0 Å². The molecule has 1 aliphatic rings. The molecule has 0 spiro atoms. The van der Waals surface area contributed by atoms with E-state index >= 15 is 0 Å². The van der Waals surface area contributed by atoms with Gasteiger partial charge in [0.1, 0.15) is 11.4 Å². The van der Waals surface area contributed by atoms with Crippen LogP contribution < -0.4 is 15.4 Å². The van der Waals surface area contributed by atoms with E-state index in [4.69, 9.17) is 4.74 Å². The first-order chi connectivity index (χ1) is 14.8. The van der Waals surface area contributed by atoms with Gasteiger partial charge in [0.2, 0.25) is 0 Å². The first kappa shape index (κ1) is 22.2. The third-order valence-corrected chi connectivity index (χ3v) is 5.18. The maximum absolute atomic E-state index is 12.3. The normalized spacial score (nSPS) is 14.0. The number of carbonyl (C=O) groups excluding carboxylic acids is 2. The third kappa shape index (κ3) is 4.82. The van der Waals surface area contributed by atoms with E-state index in [0.717, 1.165) is 23.4 Å². The number of benzene rings is 2. The van der Waals surface area contributed by atoms with Crippen LogP contribution in [0.5, 0.6) is 11.5 Å². The Morgan fingerprint density at radius 3 is 2.58 bits per heavy atom. The van der Waals surface area contributed by atoms with Crippen molar-refractivity contribution in [2.24, 2.45) is 0 Å². The number of amides is 1. The highest BCUT2D eigenvalue weighted by molar-refractivity contribution is 6.07. The number of hydrogen-bond donors (Lipinski definition) is 3. The van der Waals surface area contributed by atoms with Gasteiger partial charge in [-0.15, -0.1) is 0 Å². The van der Waals surface area contributed by atoms with Crippen LogP contribution in [-0.2, 0) is 4.79 Å². The summed E-state index contributed by atoms with van der Waals surface area (Å²) in [6.07, 6.45) is 1.11. The molecule has 0 bridgehead atoms.